The van der Waals surface area contributed by atoms with Crippen LogP contribution in [-0.4, -0.2) is 18.8 Å². The van der Waals surface area contributed by atoms with Crippen molar-refractivity contribution < 1.29 is 5.11 Å². The molecule has 0 aliphatic carbocycles. The first-order chi connectivity index (χ1) is 9.24. The Morgan fingerprint density at radius 3 is 2.89 bits per heavy atom. The maximum absolute atomic E-state index is 9.18. The fraction of sp³-hybridized carbons (Fsp3) is 0.0833. The molecule has 0 saturated carbocycles. The molecule has 1 aromatic carbocycles. The van der Waals surface area contributed by atoms with Gasteiger partial charge in [0.25, 0.3) is 0 Å². The summed E-state index contributed by atoms with van der Waals surface area (Å²) in [6.45, 7) is 0.497. The Labute approximate surface area is 118 Å². The van der Waals surface area contributed by atoms with Crippen molar-refractivity contribution in [3.63, 3.8) is 0 Å². The van der Waals surface area contributed by atoms with Crippen molar-refractivity contribution in [2.45, 2.75) is 6.54 Å². The van der Waals surface area contributed by atoms with E-state index in [2.05, 4.69) is 19.0 Å². The molecule has 19 heavy (non-hydrogen) atoms. The summed E-state index contributed by atoms with van der Waals surface area (Å²) in [6.07, 6.45) is 1.41. The van der Waals surface area contributed by atoms with E-state index in [1.165, 1.54) is 6.20 Å². The summed E-state index contributed by atoms with van der Waals surface area (Å²) >= 11 is 7.32. The Hall–Kier alpha value is -1.92. The Morgan fingerprint density at radius 2 is 2.11 bits per heavy atom. The topological polar surface area (TPSA) is 70.9 Å². The highest BCUT2D eigenvalue weighted by molar-refractivity contribution is 7.00. The highest BCUT2D eigenvalue weighted by atomic mass is 35.5. The Morgan fingerprint density at radius 1 is 1.21 bits per heavy atom. The third-order valence-electron chi connectivity index (χ3n) is 2.63. The van der Waals surface area contributed by atoms with Crippen molar-refractivity contribution >= 4 is 40.0 Å². The Kier molecular flexibility index (Phi) is 3.18. The van der Waals surface area contributed by atoms with E-state index in [4.69, 9.17) is 11.6 Å². The highest BCUT2D eigenvalue weighted by Gasteiger charge is 2.09. The number of benzene rings is 1. The minimum Gasteiger partial charge on any atom is -0.506 e. The lowest BCUT2D eigenvalue weighted by molar-refractivity contribution is 0.472. The van der Waals surface area contributed by atoms with Gasteiger partial charge in [-0.25, -0.2) is 0 Å². The molecular weight excluding hydrogens is 284 g/mol. The molecule has 0 aliphatic heterocycles. The van der Waals surface area contributed by atoms with Gasteiger partial charge in [0.05, 0.1) is 40.9 Å². The molecule has 7 heteroatoms. The molecule has 0 radical (unpaired) electrons. The van der Waals surface area contributed by atoms with E-state index in [1.54, 1.807) is 18.2 Å². The van der Waals surface area contributed by atoms with Crippen LogP contribution in [0.25, 0.3) is 11.0 Å². The van der Waals surface area contributed by atoms with Gasteiger partial charge in [-0.3, -0.25) is 4.98 Å². The fourth-order valence-corrected chi connectivity index (χ4v) is 2.46. The van der Waals surface area contributed by atoms with Crippen molar-refractivity contribution in [3.05, 3.63) is 41.2 Å². The minimum absolute atomic E-state index is 0.146. The number of anilines is 1. The summed E-state index contributed by atoms with van der Waals surface area (Å²) in [5.41, 5.74) is 3.13. The van der Waals surface area contributed by atoms with Crippen LogP contribution in [0.3, 0.4) is 0 Å². The Balaban J connectivity index is 1.87. The lowest BCUT2D eigenvalue weighted by atomic mass is 10.2. The van der Waals surface area contributed by atoms with Gasteiger partial charge in [0, 0.05) is 0 Å². The normalized spacial score (nSPS) is 10.8. The van der Waals surface area contributed by atoms with E-state index in [1.807, 2.05) is 6.07 Å². The van der Waals surface area contributed by atoms with E-state index >= 15 is 0 Å². The molecule has 0 atom stereocenters. The number of rotatable bonds is 3. The predicted molar refractivity (Wildman–Crippen MR) is 75.7 cm³/mol. The zero-order valence-electron chi connectivity index (χ0n) is 9.67. The van der Waals surface area contributed by atoms with Crippen molar-refractivity contribution in [2.24, 2.45) is 0 Å². The number of hydrogen-bond acceptors (Lipinski definition) is 6. The van der Waals surface area contributed by atoms with Crippen LogP contribution in [0.5, 0.6) is 5.75 Å². The molecular formula is C12H9ClN4OS. The number of halogens is 1. The zero-order chi connectivity index (χ0) is 13.2. The van der Waals surface area contributed by atoms with Crippen LogP contribution in [0.1, 0.15) is 5.69 Å². The summed E-state index contributed by atoms with van der Waals surface area (Å²) in [5, 5.41) is 13.0. The molecule has 0 amide bonds. The van der Waals surface area contributed by atoms with Crippen molar-refractivity contribution in [3.8, 4) is 5.75 Å². The second-order valence-electron chi connectivity index (χ2n) is 3.92. The molecule has 0 aliphatic rings. The second kappa shape index (κ2) is 4.99. The van der Waals surface area contributed by atoms with Gasteiger partial charge in [-0.05, 0) is 24.3 Å². The van der Waals surface area contributed by atoms with Crippen LogP contribution >= 0.6 is 23.3 Å². The molecule has 0 bridgehead atoms. The number of hydrogen-bond donors (Lipinski definition) is 2. The van der Waals surface area contributed by atoms with Gasteiger partial charge in [-0.2, -0.15) is 8.75 Å². The van der Waals surface area contributed by atoms with Gasteiger partial charge >= 0.3 is 0 Å². The number of aromatic hydroxyl groups is 1. The average molecular weight is 293 g/mol. The largest absolute Gasteiger partial charge is 0.506 e. The quantitative estimate of drug-likeness (QED) is 0.776. The molecule has 96 valence electrons. The monoisotopic (exact) mass is 292 g/mol. The number of nitrogens with one attached hydrogen (secondary N) is 1. The molecule has 0 fully saturated rings. The summed E-state index contributed by atoms with van der Waals surface area (Å²) in [4.78, 5) is 4.10. The third-order valence-corrected chi connectivity index (χ3v) is 3.49. The van der Waals surface area contributed by atoms with Crippen LogP contribution in [0, 0.1) is 0 Å². The SMILES string of the molecule is Oc1ccc(CNc2c(Cl)ccc3nsnc23)nc1. The number of fused-ring (bicyclic) bond motifs is 1. The van der Waals surface area contributed by atoms with Crippen LogP contribution in [0.4, 0.5) is 5.69 Å². The van der Waals surface area contributed by atoms with Gasteiger partial charge in [-0.1, -0.05) is 11.6 Å². The zero-order valence-corrected chi connectivity index (χ0v) is 11.2. The van der Waals surface area contributed by atoms with Gasteiger partial charge in [0.15, 0.2) is 0 Å². The second-order valence-corrected chi connectivity index (χ2v) is 4.85. The van der Waals surface area contributed by atoms with E-state index in [9.17, 15) is 5.11 Å². The molecule has 2 N–H and O–H groups in total. The molecule has 3 aromatic rings. The maximum Gasteiger partial charge on any atom is 0.133 e. The molecule has 2 heterocycles. The number of pyridine rings is 1. The highest BCUT2D eigenvalue weighted by Crippen LogP contribution is 2.30. The van der Waals surface area contributed by atoms with E-state index in [-0.39, 0.29) is 5.75 Å². The molecule has 5 nitrogen and oxygen atoms in total. The van der Waals surface area contributed by atoms with Gasteiger partial charge in [-0.15, -0.1) is 0 Å². The summed E-state index contributed by atoms with van der Waals surface area (Å²) in [7, 11) is 0. The Bertz CT molecular complexity index is 713. The van der Waals surface area contributed by atoms with Crippen LogP contribution in [-0.2, 0) is 6.54 Å². The first kappa shape index (κ1) is 12.1. The predicted octanol–water partition coefficient (Wildman–Crippen LogP) is 3.06. The minimum atomic E-state index is 0.146. The molecule has 3 rings (SSSR count). The average Bonchev–Trinajstić information content (AvgIpc) is 2.88. The molecule has 2 aromatic heterocycles. The summed E-state index contributed by atoms with van der Waals surface area (Å²) < 4.78 is 8.40. The van der Waals surface area contributed by atoms with Crippen LogP contribution in [0.15, 0.2) is 30.5 Å². The number of aromatic nitrogens is 3. The van der Waals surface area contributed by atoms with Crippen molar-refractivity contribution in [1.82, 2.24) is 13.7 Å². The van der Waals surface area contributed by atoms with E-state index in [0.29, 0.717) is 11.6 Å². The first-order valence-electron chi connectivity index (χ1n) is 5.52. The third kappa shape index (κ3) is 2.45. The lowest BCUT2D eigenvalue weighted by Crippen LogP contribution is -2.02. The summed E-state index contributed by atoms with van der Waals surface area (Å²) in [6, 6.07) is 6.97. The van der Waals surface area contributed by atoms with Crippen LogP contribution < -0.4 is 5.32 Å². The first-order valence-corrected chi connectivity index (χ1v) is 6.63. The smallest absolute Gasteiger partial charge is 0.133 e. The molecule has 0 spiro atoms. The van der Waals surface area contributed by atoms with E-state index in [0.717, 1.165) is 34.1 Å². The fourth-order valence-electron chi connectivity index (χ4n) is 1.70. The van der Waals surface area contributed by atoms with Crippen molar-refractivity contribution in [2.75, 3.05) is 5.32 Å². The van der Waals surface area contributed by atoms with Crippen LogP contribution in [0.2, 0.25) is 5.02 Å². The molecule has 0 unspecified atom stereocenters. The van der Waals surface area contributed by atoms with Crippen molar-refractivity contribution in [1.29, 1.82) is 0 Å². The standard InChI is InChI=1S/C12H9ClN4OS/c13-9-3-4-10-12(17-19-16-10)11(9)15-5-7-1-2-8(18)6-14-7/h1-4,6,15,18H,5H2. The summed E-state index contributed by atoms with van der Waals surface area (Å²) in [5.74, 6) is 0.146. The lowest BCUT2D eigenvalue weighted by Gasteiger charge is -2.08. The van der Waals surface area contributed by atoms with Gasteiger partial charge in [0.2, 0.25) is 0 Å². The van der Waals surface area contributed by atoms with Gasteiger partial charge in [0.1, 0.15) is 16.8 Å². The van der Waals surface area contributed by atoms with E-state index < -0.39 is 0 Å². The maximum atomic E-state index is 9.18. The number of nitrogens with zero attached hydrogens (tertiary/aromatic N) is 3. The van der Waals surface area contributed by atoms with Gasteiger partial charge < -0.3 is 10.4 Å². The molecule has 0 saturated heterocycles.